The Hall–Kier alpha value is -1.29. The van der Waals surface area contributed by atoms with E-state index in [0.29, 0.717) is 11.8 Å². The van der Waals surface area contributed by atoms with Crippen molar-refractivity contribution in [2.75, 3.05) is 0 Å². The zero-order chi connectivity index (χ0) is 11.2. The molecule has 0 aliphatic carbocycles. The first-order chi connectivity index (χ1) is 7.00. The molecule has 0 N–H and O–H groups in total. The molecular weight excluding hydrogens is 227 g/mol. The summed E-state index contributed by atoms with van der Waals surface area (Å²) in [7, 11) is 0. The smallest absolute Gasteiger partial charge is 0.169 e. The van der Waals surface area contributed by atoms with Crippen molar-refractivity contribution in [2.24, 2.45) is 0 Å². The van der Waals surface area contributed by atoms with Gasteiger partial charge in [-0.1, -0.05) is 11.6 Å². The van der Waals surface area contributed by atoms with Crippen molar-refractivity contribution < 1.29 is 13.2 Å². The fourth-order valence-corrected chi connectivity index (χ4v) is 1.71. The standard InChI is InChI=1S/C10H5ClF3N/c1-4-2-5(11)8-9(14)6(12)3-7(13)10(8)15-4/h2-3H,1H3. The minimum Gasteiger partial charge on any atom is -0.250 e. The van der Waals surface area contributed by atoms with Crippen molar-refractivity contribution in [3.05, 3.63) is 40.3 Å². The summed E-state index contributed by atoms with van der Waals surface area (Å²) in [5.41, 5.74) is 0.191. The van der Waals surface area contributed by atoms with Crippen molar-refractivity contribution in [1.82, 2.24) is 4.98 Å². The summed E-state index contributed by atoms with van der Waals surface area (Å²) in [4.78, 5) is 3.77. The second-order valence-corrected chi connectivity index (χ2v) is 3.53. The molecule has 1 nitrogen and oxygen atoms in total. The van der Waals surface area contributed by atoms with E-state index in [2.05, 4.69) is 4.98 Å². The molecule has 0 amide bonds. The van der Waals surface area contributed by atoms with Gasteiger partial charge in [-0.25, -0.2) is 18.2 Å². The maximum Gasteiger partial charge on any atom is 0.169 e. The van der Waals surface area contributed by atoms with Crippen LogP contribution in [0.1, 0.15) is 5.69 Å². The lowest BCUT2D eigenvalue weighted by Crippen LogP contribution is -1.95. The molecule has 1 aromatic carbocycles. The van der Waals surface area contributed by atoms with E-state index in [1.54, 1.807) is 6.92 Å². The molecule has 78 valence electrons. The molecule has 0 saturated carbocycles. The van der Waals surface area contributed by atoms with E-state index in [1.807, 2.05) is 0 Å². The maximum absolute atomic E-state index is 13.3. The molecule has 0 fully saturated rings. The van der Waals surface area contributed by atoms with Crippen LogP contribution in [0.4, 0.5) is 13.2 Å². The van der Waals surface area contributed by atoms with Crippen LogP contribution in [0.5, 0.6) is 0 Å². The third kappa shape index (κ3) is 1.55. The highest BCUT2D eigenvalue weighted by atomic mass is 35.5. The summed E-state index contributed by atoms with van der Waals surface area (Å²) in [5.74, 6) is -3.37. The fourth-order valence-electron chi connectivity index (χ4n) is 1.38. The van der Waals surface area contributed by atoms with Crippen molar-refractivity contribution in [3.8, 4) is 0 Å². The summed E-state index contributed by atoms with van der Waals surface area (Å²) < 4.78 is 39.5. The number of halogens is 4. The van der Waals surface area contributed by atoms with E-state index in [1.165, 1.54) is 6.07 Å². The molecule has 0 bridgehead atoms. The van der Waals surface area contributed by atoms with Gasteiger partial charge < -0.3 is 0 Å². The van der Waals surface area contributed by atoms with E-state index >= 15 is 0 Å². The van der Waals surface area contributed by atoms with Crippen LogP contribution in [0.25, 0.3) is 10.9 Å². The zero-order valence-corrected chi connectivity index (χ0v) is 8.37. The Balaban J connectivity index is 3.03. The molecular formula is C10H5ClF3N. The van der Waals surface area contributed by atoms with E-state index in [9.17, 15) is 13.2 Å². The molecule has 0 aliphatic heterocycles. The zero-order valence-electron chi connectivity index (χ0n) is 7.61. The van der Waals surface area contributed by atoms with Gasteiger partial charge in [0.25, 0.3) is 0 Å². The highest BCUT2D eigenvalue weighted by Gasteiger charge is 2.16. The second-order valence-electron chi connectivity index (χ2n) is 3.12. The summed E-state index contributed by atoms with van der Waals surface area (Å²) in [5, 5.41) is -0.367. The molecule has 0 aliphatic rings. The number of benzene rings is 1. The Labute approximate surface area is 88.5 Å². The summed E-state index contributed by atoms with van der Waals surface area (Å²) >= 11 is 5.70. The van der Waals surface area contributed by atoms with Gasteiger partial charge in [-0.05, 0) is 13.0 Å². The molecule has 0 radical (unpaired) electrons. The fraction of sp³-hybridized carbons (Fsp3) is 0.100. The van der Waals surface area contributed by atoms with Gasteiger partial charge in [0.2, 0.25) is 0 Å². The molecule has 0 spiro atoms. The van der Waals surface area contributed by atoms with E-state index < -0.39 is 17.5 Å². The van der Waals surface area contributed by atoms with Crippen LogP contribution in [0.2, 0.25) is 5.02 Å². The van der Waals surface area contributed by atoms with Gasteiger partial charge in [-0.3, -0.25) is 0 Å². The normalized spacial score (nSPS) is 11.0. The Morgan fingerprint density at radius 2 is 1.80 bits per heavy atom. The third-order valence-corrected chi connectivity index (χ3v) is 2.31. The number of nitrogens with zero attached hydrogens (tertiary/aromatic N) is 1. The lowest BCUT2D eigenvalue weighted by molar-refractivity contribution is 0.505. The number of fused-ring (bicyclic) bond motifs is 1. The van der Waals surface area contributed by atoms with Gasteiger partial charge in [-0.2, -0.15) is 0 Å². The summed E-state index contributed by atoms with van der Waals surface area (Å²) in [6.45, 7) is 1.59. The van der Waals surface area contributed by atoms with Crippen LogP contribution in [-0.4, -0.2) is 4.98 Å². The molecule has 2 aromatic rings. The van der Waals surface area contributed by atoms with Gasteiger partial charge in [-0.15, -0.1) is 0 Å². The average molecular weight is 232 g/mol. The largest absolute Gasteiger partial charge is 0.250 e. The topological polar surface area (TPSA) is 12.9 Å². The van der Waals surface area contributed by atoms with Crippen LogP contribution in [0.15, 0.2) is 12.1 Å². The predicted octanol–water partition coefficient (Wildman–Crippen LogP) is 3.61. The van der Waals surface area contributed by atoms with Crippen molar-refractivity contribution in [2.45, 2.75) is 6.92 Å². The van der Waals surface area contributed by atoms with E-state index in [0.717, 1.165) is 0 Å². The lowest BCUT2D eigenvalue weighted by atomic mass is 10.2. The minimum absolute atomic E-state index is 0.0478. The first-order valence-electron chi connectivity index (χ1n) is 4.11. The van der Waals surface area contributed by atoms with Crippen molar-refractivity contribution >= 4 is 22.5 Å². The summed E-state index contributed by atoms with van der Waals surface area (Å²) in [6, 6.07) is 1.81. The molecule has 0 atom stereocenters. The molecule has 15 heavy (non-hydrogen) atoms. The molecule has 1 aromatic heterocycles. The van der Waals surface area contributed by atoms with Gasteiger partial charge in [0.1, 0.15) is 5.52 Å². The van der Waals surface area contributed by atoms with E-state index in [-0.39, 0.29) is 15.9 Å². The Kier molecular flexibility index (Phi) is 2.31. The monoisotopic (exact) mass is 231 g/mol. The second kappa shape index (κ2) is 3.38. The number of aromatic nitrogens is 1. The molecule has 5 heteroatoms. The molecule has 0 unspecified atom stereocenters. The highest BCUT2D eigenvalue weighted by molar-refractivity contribution is 6.35. The third-order valence-electron chi connectivity index (χ3n) is 2.01. The Morgan fingerprint density at radius 1 is 1.13 bits per heavy atom. The van der Waals surface area contributed by atoms with Crippen LogP contribution in [0.3, 0.4) is 0 Å². The van der Waals surface area contributed by atoms with E-state index in [4.69, 9.17) is 11.6 Å². The van der Waals surface area contributed by atoms with Crippen LogP contribution < -0.4 is 0 Å². The maximum atomic E-state index is 13.3. The number of hydrogen-bond donors (Lipinski definition) is 0. The van der Waals surface area contributed by atoms with Crippen LogP contribution in [-0.2, 0) is 0 Å². The average Bonchev–Trinajstić information content (AvgIpc) is 2.13. The minimum atomic E-state index is -1.27. The number of pyridine rings is 1. The quantitative estimate of drug-likeness (QED) is 0.631. The van der Waals surface area contributed by atoms with Crippen molar-refractivity contribution in [3.63, 3.8) is 0 Å². The van der Waals surface area contributed by atoms with Gasteiger partial charge >= 0.3 is 0 Å². The Bertz CT molecular complexity index is 554. The Morgan fingerprint density at radius 3 is 2.47 bits per heavy atom. The highest BCUT2D eigenvalue weighted by Crippen LogP contribution is 2.29. The first-order valence-corrected chi connectivity index (χ1v) is 4.49. The molecule has 2 rings (SSSR count). The van der Waals surface area contributed by atoms with Crippen LogP contribution >= 0.6 is 11.6 Å². The number of rotatable bonds is 0. The predicted molar refractivity (Wildman–Crippen MR) is 51.4 cm³/mol. The number of aryl methyl sites for hydroxylation is 1. The molecule has 1 heterocycles. The molecule has 0 saturated heterocycles. The first kappa shape index (κ1) is 10.2. The van der Waals surface area contributed by atoms with Gasteiger partial charge in [0.05, 0.1) is 10.4 Å². The number of hydrogen-bond acceptors (Lipinski definition) is 1. The van der Waals surface area contributed by atoms with Gasteiger partial charge in [0, 0.05) is 11.8 Å². The SMILES string of the molecule is Cc1cc(Cl)c2c(F)c(F)cc(F)c2n1. The van der Waals surface area contributed by atoms with Crippen LogP contribution in [0, 0.1) is 24.4 Å². The van der Waals surface area contributed by atoms with Crippen molar-refractivity contribution in [1.29, 1.82) is 0 Å². The lowest BCUT2D eigenvalue weighted by Gasteiger charge is -2.05. The summed E-state index contributed by atoms with van der Waals surface area (Å²) in [6.07, 6.45) is 0. The van der Waals surface area contributed by atoms with Gasteiger partial charge in [0.15, 0.2) is 17.5 Å².